The van der Waals surface area contributed by atoms with Crippen molar-refractivity contribution in [2.45, 2.75) is 33.8 Å². The highest BCUT2D eigenvalue weighted by Crippen LogP contribution is 2.30. The Morgan fingerprint density at radius 3 is 2.48 bits per heavy atom. The maximum absolute atomic E-state index is 12.3. The molecule has 3 aromatic rings. The molecule has 0 radical (unpaired) electrons. The number of benzene rings is 2. The van der Waals surface area contributed by atoms with E-state index < -0.39 is 6.03 Å². The van der Waals surface area contributed by atoms with Crippen LogP contribution in [0.15, 0.2) is 42.6 Å². The van der Waals surface area contributed by atoms with Gasteiger partial charge in [0.2, 0.25) is 0 Å². The SMILES string of the molecule is CCc1cccc(N(N)C(=O)N(C)N)c1COc1ccc(-c2nn(C)cc2C)cc1C. The lowest BCUT2D eigenvalue weighted by Gasteiger charge is -2.24. The molecule has 0 atom stereocenters. The molecular formula is C23H30N6O2. The van der Waals surface area contributed by atoms with E-state index in [0.29, 0.717) is 5.69 Å². The highest BCUT2D eigenvalue weighted by Gasteiger charge is 2.20. The van der Waals surface area contributed by atoms with Gasteiger partial charge in [0, 0.05) is 31.4 Å². The second kappa shape index (κ2) is 9.20. The maximum Gasteiger partial charge on any atom is 0.352 e. The van der Waals surface area contributed by atoms with Crippen LogP contribution >= 0.6 is 0 Å². The standard InChI is InChI=1S/C23H30N6O2/c1-6-17-8-7-9-20(29(25)23(30)28(5)24)19(17)14-31-21-11-10-18(12-15(21)2)22-16(3)13-27(4)26-22/h7-13H,6,14,24-25H2,1-5H3. The first-order chi connectivity index (χ1) is 14.7. The van der Waals surface area contributed by atoms with E-state index in [1.807, 2.05) is 56.0 Å². The zero-order chi connectivity index (χ0) is 22.7. The van der Waals surface area contributed by atoms with Gasteiger partial charge in [-0.15, -0.1) is 0 Å². The molecule has 8 nitrogen and oxygen atoms in total. The number of urea groups is 1. The molecule has 2 amide bonds. The Morgan fingerprint density at radius 1 is 1.16 bits per heavy atom. The van der Waals surface area contributed by atoms with Gasteiger partial charge in [0.1, 0.15) is 12.4 Å². The van der Waals surface area contributed by atoms with Crippen LogP contribution in [0.25, 0.3) is 11.3 Å². The summed E-state index contributed by atoms with van der Waals surface area (Å²) >= 11 is 0. The quantitative estimate of drug-likeness (QED) is 0.360. The number of aromatic nitrogens is 2. The van der Waals surface area contributed by atoms with Crippen LogP contribution < -0.4 is 21.4 Å². The zero-order valence-electron chi connectivity index (χ0n) is 18.7. The summed E-state index contributed by atoms with van der Waals surface area (Å²) in [6.45, 7) is 6.38. The average Bonchev–Trinajstić information content (AvgIpc) is 3.09. The largest absolute Gasteiger partial charge is 0.489 e. The molecule has 0 saturated heterocycles. The summed E-state index contributed by atoms with van der Waals surface area (Å²) in [4.78, 5) is 12.3. The first-order valence-electron chi connectivity index (χ1n) is 10.1. The fraction of sp³-hybridized carbons (Fsp3) is 0.304. The van der Waals surface area contributed by atoms with Gasteiger partial charge in [0.25, 0.3) is 0 Å². The Labute approximate surface area is 182 Å². The number of carbonyl (C=O) groups excluding carboxylic acids is 1. The van der Waals surface area contributed by atoms with Crippen LogP contribution in [-0.4, -0.2) is 27.9 Å². The van der Waals surface area contributed by atoms with Gasteiger partial charge in [-0.1, -0.05) is 19.1 Å². The third-order valence-corrected chi connectivity index (χ3v) is 5.23. The predicted molar refractivity (Wildman–Crippen MR) is 122 cm³/mol. The zero-order valence-corrected chi connectivity index (χ0v) is 18.7. The van der Waals surface area contributed by atoms with E-state index in [-0.39, 0.29) is 6.61 Å². The first kappa shape index (κ1) is 22.3. The third-order valence-electron chi connectivity index (χ3n) is 5.23. The van der Waals surface area contributed by atoms with Gasteiger partial charge in [-0.2, -0.15) is 5.10 Å². The van der Waals surface area contributed by atoms with Crippen molar-refractivity contribution >= 4 is 11.7 Å². The van der Waals surface area contributed by atoms with Gasteiger partial charge in [0.05, 0.1) is 11.4 Å². The summed E-state index contributed by atoms with van der Waals surface area (Å²) in [7, 11) is 3.37. The minimum Gasteiger partial charge on any atom is -0.489 e. The lowest BCUT2D eigenvalue weighted by atomic mass is 10.0. The Hall–Kier alpha value is -3.36. The van der Waals surface area contributed by atoms with Gasteiger partial charge in [0.15, 0.2) is 0 Å². The van der Waals surface area contributed by atoms with Gasteiger partial charge in [-0.3, -0.25) is 9.69 Å². The van der Waals surface area contributed by atoms with Crippen molar-refractivity contribution in [3.05, 3.63) is 64.8 Å². The molecule has 31 heavy (non-hydrogen) atoms. The van der Waals surface area contributed by atoms with E-state index in [2.05, 4.69) is 18.1 Å². The van der Waals surface area contributed by atoms with E-state index in [4.69, 9.17) is 16.4 Å². The molecule has 0 unspecified atom stereocenters. The summed E-state index contributed by atoms with van der Waals surface area (Å²) in [5, 5.41) is 6.54. The summed E-state index contributed by atoms with van der Waals surface area (Å²) < 4.78 is 7.97. The van der Waals surface area contributed by atoms with Crippen molar-refractivity contribution in [3.63, 3.8) is 0 Å². The molecule has 0 bridgehead atoms. The van der Waals surface area contributed by atoms with E-state index in [9.17, 15) is 4.79 Å². The molecule has 0 aliphatic carbocycles. The van der Waals surface area contributed by atoms with Gasteiger partial charge < -0.3 is 4.74 Å². The van der Waals surface area contributed by atoms with Crippen molar-refractivity contribution in [2.24, 2.45) is 18.7 Å². The number of amides is 2. The minimum atomic E-state index is -0.513. The molecule has 4 N–H and O–H groups in total. The van der Waals surface area contributed by atoms with Crippen LogP contribution in [0.1, 0.15) is 29.2 Å². The monoisotopic (exact) mass is 422 g/mol. The molecule has 0 aliphatic rings. The second-order valence-corrected chi connectivity index (χ2v) is 7.64. The number of anilines is 1. The lowest BCUT2D eigenvalue weighted by Crippen LogP contribution is -2.49. The highest BCUT2D eigenvalue weighted by atomic mass is 16.5. The summed E-state index contributed by atoms with van der Waals surface area (Å²) in [5.41, 5.74) is 6.60. The van der Waals surface area contributed by atoms with E-state index in [1.54, 1.807) is 6.07 Å². The average molecular weight is 423 g/mol. The smallest absolute Gasteiger partial charge is 0.352 e. The third kappa shape index (κ3) is 4.70. The molecule has 164 valence electrons. The van der Waals surface area contributed by atoms with E-state index in [1.165, 1.54) is 7.05 Å². The first-order valence-corrected chi connectivity index (χ1v) is 10.1. The molecule has 2 aromatic carbocycles. The molecular weight excluding hydrogens is 392 g/mol. The lowest BCUT2D eigenvalue weighted by molar-refractivity contribution is 0.216. The molecule has 0 spiro atoms. The van der Waals surface area contributed by atoms with Crippen LogP contribution in [0.5, 0.6) is 5.75 Å². The summed E-state index contributed by atoms with van der Waals surface area (Å²) in [6, 6.07) is 11.2. The number of aryl methyl sites for hydroxylation is 4. The molecule has 0 saturated carbocycles. The fourth-order valence-corrected chi connectivity index (χ4v) is 3.62. The summed E-state index contributed by atoms with van der Waals surface area (Å²) in [6.07, 6.45) is 2.78. The van der Waals surface area contributed by atoms with Gasteiger partial charge >= 0.3 is 6.03 Å². The Kier molecular flexibility index (Phi) is 6.62. The van der Waals surface area contributed by atoms with E-state index in [0.717, 1.165) is 55.7 Å². The van der Waals surface area contributed by atoms with Crippen LogP contribution in [0.3, 0.4) is 0 Å². The number of hydrogen-bond acceptors (Lipinski definition) is 5. The van der Waals surface area contributed by atoms with Crippen molar-refractivity contribution < 1.29 is 9.53 Å². The number of nitrogens with zero attached hydrogens (tertiary/aromatic N) is 4. The maximum atomic E-state index is 12.3. The number of rotatable bonds is 6. The number of hydrogen-bond donors (Lipinski definition) is 2. The number of hydrazine groups is 2. The van der Waals surface area contributed by atoms with E-state index >= 15 is 0 Å². The molecule has 0 fully saturated rings. The molecule has 1 aromatic heterocycles. The molecule has 0 aliphatic heterocycles. The minimum absolute atomic E-state index is 0.275. The van der Waals surface area contributed by atoms with Crippen molar-refractivity contribution in [3.8, 4) is 17.0 Å². The Balaban J connectivity index is 1.87. The van der Waals surface area contributed by atoms with Crippen molar-refractivity contribution in [1.82, 2.24) is 14.8 Å². The normalized spacial score (nSPS) is 10.8. The Morgan fingerprint density at radius 2 is 1.90 bits per heavy atom. The molecule has 3 rings (SSSR count). The van der Waals surface area contributed by atoms with Gasteiger partial charge in [-0.25, -0.2) is 21.5 Å². The van der Waals surface area contributed by atoms with Gasteiger partial charge in [-0.05, 0) is 61.2 Å². The summed E-state index contributed by atoms with van der Waals surface area (Å²) in [5.74, 6) is 12.4. The Bertz CT molecular complexity index is 1090. The van der Waals surface area contributed by atoms with Crippen molar-refractivity contribution in [2.75, 3.05) is 12.1 Å². The highest BCUT2D eigenvalue weighted by molar-refractivity contribution is 5.91. The number of carbonyl (C=O) groups is 1. The predicted octanol–water partition coefficient (Wildman–Crippen LogP) is 3.45. The number of nitrogens with two attached hydrogens (primary N) is 2. The number of ether oxygens (including phenoxy) is 1. The fourth-order valence-electron chi connectivity index (χ4n) is 3.62. The van der Waals surface area contributed by atoms with Crippen LogP contribution in [0.2, 0.25) is 0 Å². The topological polar surface area (TPSA) is 103 Å². The van der Waals surface area contributed by atoms with Crippen LogP contribution in [0.4, 0.5) is 10.5 Å². The molecule has 8 heteroatoms. The van der Waals surface area contributed by atoms with Crippen LogP contribution in [0, 0.1) is 13.8 Å². The van der Waals surface area contributed by atoms with Crippen molar-refractivity contribution in [1.29, 1.82) is 0 Å². The van der Waals surface area contributed by atoms with Crippen LogP contribution in [-0.2, 0) is 20.1 Å². The molecule has 1 heterocycles. The second-order valence-electron chi connectivity index (χ2n) is 7.64.